The number of oxazole rings is 1. The SMILES string of the molecule is c1ccc(N(c2cnc3c(c2)oc2cccc(-c4nc5ccccc5o4)c23)c2ccc3ccc4c5ccccc5ccc4c3c2)cc1. The second-order valence-electron chi connectivity index (χ2n) is 11.8. The molecule has 10 aromatic rings. The molecule has 0 saturated heterocycles. The van der Waals surface area contributed by atoms with Crippen molar-refractivity contribution in [3.05, 3.63) is 152 Å². The predicted molar refractivity (Wildman–Crippen MR) is 192 cm³/mol. The van der Waals surface area contributed by atoms with Gasteiger partial charge in [0.15, 0.2) is 11.2 Å². The van der Waals surface area contributed by atoms with E-state index >= 15 is 0 Å². The summed E-state index contributed by atoms with van der Waals surface area (Å²) in [6.07, 6.45) is 1.92. The molecule has 0 unspecified atom stereocenters. The molecule has 5 nitrogen and oxygen atoms in total. The molecule has 0 radical (unpaired) electrons. The molecule has 220 valence electrons. The molecule has 3 aromatic heterocycles. The highest BCUT2D eigenvalue weighted by molar-refractivity contribution is 6.18. The lowest BCUT2D eigenvalue weighted by Gasteiger charge is -2.25. The maximum atomic E-state index is 6.46. The molecule has 10 rings (SSSR count). The normalized spacial score (nSPS) is 11.8. The maximum absolute atomic E-state index is 6.46. The Morgan fingerprint density at radius 1 is 0.468 bits per heavy atom. The number of pyridine rings is 1. The summed E-state index contributed by atoms with van der Waals surface area (Å²) in [5.41, 5.74) is 7.58. The molecule has 0 amide bonds. The minimum atomic E-state index is 0.549. The van der Waals surface area contributed by atoms with E-state index in [0.29, 0.717) is 11.5 Å². The Balaban J connectivity index is 1.16. The Hall–Kier alpha value is -6.46. The highest BCUT2D eigenvalue weighted by Gasteiger charge is 2.20. The van der Waals surface area contributed by atoms with Crippen LogP contribution in [0.1, 0.15) is 0 Å². The van der Waals surface area contributed by atoms with Gasteiger partial charge >= 0.3 is 0 Å². The first-order valence-electron chi connectivity index (χ1n) is 15.7. The lowest BCUT2D eigenvalue weighted by atomic mass is 9.96. The average molecular weight is 604 g/mol. The summed E-state index contributed by atoms with van der Waals surface area (Å²) in [4.78, 5) is 12.0. The predicted octanol–water partition coefficient (Wildman–Crippen LogP) is 11.7. The van der Waals surface area contributed by atoms with Crippen molar-refractivity contribution in [3.63, 3.8) is 0 Å². The summed E-state index contributed by atoms with van der Waals surface area (Å²) in [6.45, 7) is 0. The number of furan rings is 1. The summed E-state index contributed by atoms with van der Waals surface area (Å²) in [6, 6.07) is 50.4. The topological polar surface area (TPSA) is 55.3 Å². The summed E-state index contributed by atoms with van der Waals surface area (Å²) < 4.78 is 12.6. The van der Waals surface area contributed by atoms with E-state index < -0.39 is 0 Å². The van der Waals surface area contributed by atoms with Crippen LogP contribution in [0.15, 0.2) is 161 Å². The van der Waals surface area contributed by atoms with E-state index in [0.717, 1.165) is 50.2 Å². The molecule has 3 heterocycles. The van der Waals surface area contributed by atoms with Crippen LogP contribution in [-0.2, 0) is 0 Å². The molecule has 0 fully saturated rings. The third-order valence-corrected chi connectivity index (χ3v) is 9.10. The first-order chi connectivity index (χ1) is 23.3. The number of hydrogen-bond donors (Lipinski definition) is 0. The molecule has 0 N–H and O–H groups in total. The Morgan fingerprint density at radius 2 is 1.21 bits per heavy atom. The van der Waals surface area contributed by atoms with Crippen LogP contribution < -0.4 is 4.90 Å². The number of anilines is 3. The van der Waals surface area contributed by atoms with Gasteiger partial charge < -0.3 is 13.7 Å². The fourth-order valence-electron chi connectivity index (χ4n) is 6.94. The Labute approximate surface area is 268 Å². The highest BCUT2D eigenvalue weighted by Crippen LogP contribution is 2.42. The molecule has 0 spiro atoms. The van der Waals surface area contributed by atoms with Crippen LogP contribution in [0.4, 0.5) is 17.1 Å². The van der Waals surface area contributed by atoms with Crippen LogP contribution in [0, 0.1) is 0 Å². The smallest absolute Gasteiger partial charge is 0.228 e. The second kappa shape index (κ2) is 10.0. The summed E-state index contributed by atoms with van der Waals surface area (Å²) in [7, 11) is 0. The fraction of sp³-hybridized carbons (Fsp3) is 0. The first-order valence-corrected chi connectivity index (χ1v) is 15.7. The Kier molecular flexibility index (Phi) is 5.51. The largest absolute Gasteiger partial charge is 0.454 e. The second-order valence-corrected chi connectivity index (χ2v) is 11.8. The van der Waals surface area contributed by atoms with Gasteiger partial charge in [-0.25, -0.2) is 9.97 Å². The molecule has 0 aliphatic heterocycles. The van der Waals surface area contributed by atoms with Crippen LogP contribution in [0.2, 0.25) is 0 Å². The van der Waals surface area contributed by atoms with Gasteiger partial charge in [-0.1, -0.05) is 91.0 Å². The zero-order valence-corrected chi connectivity index (χ0v) is 25.1. The molecule has 0 saturated carbocycles. The molecule has 47 heavy (non-hydrogen) atoms. The molecule has 5 heteroatoms. The average Bonchev–Trinajstić information content (AvgIpc) is 3.73. The van der Waals surface area contributed by atoms with Gasteiger partial charge in [-0.2, -0.15) is 0 Å². The van der Waals surface area contributed by atoms with Gasteiger partial charge in [-0.3, -0.25) is 0 Å². The third kappa shape index (κ3) is 4.03. The van der Waals surface area contributed by atoms with Gasteiger partial charge in [-0.05, 0) is 80.8 Å². The van der Waals surface area contributed by atoms with Crippen molar-refractivity contribution >= 4 is 82.5 Å². The number of nitrogens with zero attached hydrogens (tertiary/aromatic N) is 3. The summed E-state index contributed by atoms with van der Waals surface area (Å²) in [5.74, 6) is 0.549. The lowest BCUT2D eigenvalue weighted by molar-refractivity contribution is 0.620. The van der Waals surface area contributed by atoms with Gasteiger partial charge in [0.25, 0.3) is 0 Å². The van der Waals surface area contributed by atoms with E-state index in [-0.39, 0.29) is 0 Å². The van der Waals surface area contributed by atoms with Gasteiger partial charge in [0.1, 0.15) is 16.6 Å². The van der Waals surface area contributed by atoms with E-state index in [1.54, 1.807) is 0 Å². The minimum absolute atomic E-state index is 0.549. The van der Waals surface area contributed by atoms with Gasteiger partial charge in [-0.15, -0.1) is 0 Å². The van der Waals surface area contributed by atoms with Crippen molar-refractivity contribution in [1.29, 1.82) is 0 Å². The third-order valence-electron chi connectivity index (χ3n) is 9.10. The van der Waals surface area contributed by atoms with E-state index in [9.17, 15) is 0 Å². The van der Waals surface area contributed by atoms with E-state index in [4.69, 9.17) is 18.8 Å². The molecular weight excluding hydrogens is 578 g/mol. The lowest BCUT2D eigenvalue weighted by Crippen LogP contribution is -2.10. The van der Waals surface area contributed by atoms with Crippen molar-refractivity contribution < 1.29 is 8.83 Å². The molecule has 0 aliphatic rings. The van der Waals surface area contributed by atoms with Crippen LogP contribution in [0.3, 0.4) is 0 Å². The van der Waals surface area contributed by atoms with Gasteiger partial charge in [0, 0.05) is 17.4 Å². The first kappa shape index (κ1) is 25.8. The fourth-order valence-corrected chi connectivity index (χ4v) is 6.94. The van der Waals surface area contributed by atoms with E-state index in [1.165, 1.54) is 32.3 Å². The van der Waals surface area contributed by atoms with Crippen LogP contribution in [0.5, 0.6) is 0 Å². The van der Waals surface area contributed by atoms with E-state index in [1.807, 2.05) is 54.7 Å². The molecule has 0 aliphatic carbocycles. The monoisotopic (exact) mass is 603 g/mol. The molecule has 0 bridgehead atoms. The number of rotatable bonds is 4. The van der Waals surface area contributed by atoms with Crippen molar-refractivity contribution in [3.8, 4) is 11.5 Å². The van der Waals surface area contributed by atoms with Crippen molar-refractivity contribution in [2.45, 2.75) is 0 Å². The van der Waals surface area contributed by atoms with Crippen molar-refractivity contribution in [1.82, 2.24) is 9.97 Å². The van der Waals surface area contributed by atoms with Gasteiger partial charge in [0.2, 0.25) is 5.89 Å². The van der Waals surface area contributed by atoms with Gasteiger partial charge in [0.05, 0.1) is 22.8 Å². The Morgan fingerprint density at radius 3 is 2.11 bits per heavy atom. The standard InChI is InChI=1S/C42H25N3O2/c1-2-10-28(11-3-1)45(29-20-17-27-19-21-32-31-12-5-4-9-26(31)18-22-33(32)35(27)23-29)30-24-39-41(43-25-30)40-34(13-8-16-38(40)46-39)42-44-36-14-6-7-15-37(36)47-42/h1-25H. The quantitative estimate of drug-likeness (QED) is 0.187. The zero-order valence-electron chi connectivity index (χ0n) is 25.1. The number of aromatic nitrogens is 2. The molecule has 0 atom stereocenters. The number of hydrogen-bond acceptors (Lipinski definition) is 5. The molecular formula is C42H25N3O2. The Bertz CT molecular complexity index is 2780. The maximum Gasteiger partial charge on any atom is 0.228 e. The van der Waals surface area contributed by atoms with Crippen molar-refractivity contribution in [2.75, 3.05) is 4.90 Å². The number of para-hydroxylation sites is 3. The zero-order chi connectivity index (χ0) is 30.9. The number of benzene rings is 7. The molecule has 7 aromatic carbocycles. The number of fused-ring (bicyclic) bond motifs is 9. The summed E-state index contributed by atoms with van der Waals surface area (Å²) >= 11 is 0. The highest BCUT2D eigenvalue weighted by atomic mass is 16.3. The van der Waals surface area contributed by atoms with Crippen molar-refractivity contribution in [2.24, 2.45) is 0 Å². The summed E-state index contributed by atoms with van der Waals surface area (Å²) in [5, 5.41) is 8.26. The van der Waals surface area contributed by atoms with Crippen LogP contribution >= 0.6 is 0 Å². The van der Waals surface area contributed by atoms with Crippen LogP contribution in [-0.4, -0.2) is 9.97 Å². The van der Waals surface area contributed by atoms with Crippen LogP contribution in [0.25, 0.3) is 76.9 Å². The minimum Gasteiger partial charge on any atom is -0.454 e. The van der Waals surface area contributed by atoms with E-state index in [2.05, 4.69) is 102 Å².